The molecule has 3 heterocycles. The fraction of sp³-hybridized carbons (Fsp3) is 0.320. The highest BCUT2D eigenvalue weighted by atomic mass is 35.5. The number of ether oxygens (including phenoxy) is 1. The predicted octanol–water partition coefficient (Wildman–Crippen LogP) is 4.13. The Balaban J connectivity index is 1.64. The number of amides is 1. The minimum absolute atomic E-state index is 0.0202. The Morgan fingerprint density at radius 2 is 1.91 bits per heavy atom. The van der Waals surface area contributed by atoms with Crippen LogP contribution < -0.4 is 10.1 Å². The summed E-state index contributed by atoms with van der Waals surface area (Å²) in [4.78, 5) is 24.4. The lowest BCUT2D eigenvalue weighted by Crippen LogP contribution is -2.45. The maximum atomic E-state index is 13.8. The Morgan fingerprint density at radius 1 is 1.09 bits per heavy atom. The van der Waals surface area contributed by atoms with E-state index in [2.05, 4.69) is 15.3 Å². The van der Waals surface area contributed by atoms with Crippen LogP contribution in [0.3, 0.4) is 0 Å². The van der Waals surface area contributed by atoms with Gasteiger partial charge in [0.25, 0.3) is 0 Å². The lowest BCUT2D eigenvalue weighted by Gasteiger charge is -2.35. The number of pyridine rings is 2. The zero-order chi connectivity index (χ0) is 22.2. The minimum atomic E-state index is -0.326. The zero-order valence-electron chi connectivity index (χ0n) is 17.9. The van der Waals surface area contributed by atoms with E-state index < -0.39 is 0 Å². The highest BCUT2D eigenvalue weighted by Crippen LogP contribution is 2.31. The number of halogens is 1. The van der Waals surface area contributed by atoms with Crippen LogP contribution in [-0.2, 0) is 4.79 Å². The first kappa shape index (κ1) is 22.2. The van der Waals surface area contributed by atoms with Gasteiger partial charge in [-0.3, -0.25) is 14.8 Å². The first-order valence-corrected chi connectivity index (χ1v) is 11.3. The SMILES string of the molecule is O=C(C1CCNCC1)N(CCOc1cccnc1)C(c1ccc(Cl)cc1)c1ccccn1. The predicted molar refractivity (Wildman–Crippen MR) is 125 cm³/mol. The number of carbonyl (C=O) groups excluding carboxylic acids is 1. The lowest BCUT2D eigenvalue weighted by atomic mass is 9.93. The van der Waals surface area contributed by atoms with Crippen LogP contribution in [0.25, 0.3) is 0 Å². The van der Waals surface area contributed by atoms with Gasteiger partial charge in [-0.05, 0) is 67.9 Å². The summed E-state index contributed by atoms with van der Waals surface area (Å²) >= 11 is 6.15. The van der Waals surface area contributed by atoms with E-state index in [-0.39, 0.29) is 17.9 Å². The van der Waals surface area contributed by atoms with E-state index in [0.717, 1.165) is 37.2 Å². The van der Waals surface area contributed by atoms with Crippen molar-refractivity contribution in [3.63, 3.8) is 0 Å². The lowest BCUT2D eigenvalue weighted by molar-refractivity contribution is -0.138. The van der Waals surface area contributed by atoms with Crippen LogP contribution in [-0.4, -0.2) is 47.0 Å². The Morgan fingerprint density at radius 3 is 2.59 bits per heavy atom. The fourth-order valence-electron chi connectivity index (χ4n) is 4.06. The molecule has 0 spiro atoms. The number of nitrogens with zero attached hydrogens (tertiary/aromatic N) is 3. The van der Waals surface area contributed by atoms with E-state index in [0.29, 0.717) is 23.9 Å². The molecule has 166 valence electrons. The van der Waals surface area contributed by atoms with Gasteiger partial charge in [-0.2, -0.15) is 0 Å². The van der Waals surface area contributed by atoms with Gasteiger partial charge in [0.05, 0.1) is 24.5 Å². The zero-order valence-corrected chi connectivity index (χ0v) is 18.6. The van der Waals surface area contributed by atoms with Gasteiger partial charge in [0.1, 0.15) is 12.4 Å². The van der Waals surface area contributed by atoms with Crippen LogP contribution >= 0.6 is 11.6 Å². The van der Waals surface area contributed by atoms with Gasteiger partial charge >= 0.3 is 0 Å². The highest BCUT2D eigenvalue weighted by molar-refractivity contribution is 6.30. The molecule has 7 heteroatoms. The molecule has 3 aromatic rings. The summed E-state index contributed by atoms with van der Waals surface area (Å²) in [5, 5.41) is 4.00. The maximum absolute atomic E-state index is 13.8. The Hall–Kier alpha value is -2.96. The average molecular weight is 451 g/mol. The second-order valence-corrected chi connectivity index (χ2v) is 8.24. The topological polar surface area (TPSA) is 67.4 Å². The van der Waals surface area contributed by atoms with Gasteiger partial charge in [0, 0.05) is 23.3 Å². The van der Waals surface area contributed by atoms with Gasteiger partial charge < -0.3 is 15.0 Å². The molecule has 1 unspecified atom stereocenters. The van der Waals surface area contributed by atoms with E-state index in [1.807, 2.05) is 59.5 Å². The number of piperidine rings is 1. The largest absolute Gasteiger partial charge is 0.490 e. The van der Waals surface area contributed by atoms with Gasteiger partial charge in [0.2, 0.25) is 5.91 Å². The molecule has 6 nitrogen and oxygen atoms in total. The molecule has 0 radical (unpaired) electrons. The first-order chi connectivity index (χ1) is 15.7. The molecule has 1 fully saturated rings. The van der Waals surface area contributed by atoms with Crippen molar-refractivity contribution < 1.29 is 9.53 Å². The van der Waals surface area contributed by atoms with Gasteiger partial charge in [-0.25, -0.2) is 0 Å². The van der Waals surface area contributed by atoms with Crippen molar-refractivity contribution >= 4 is 17.5 Å². The third-order valence-electron chi connectivity index (χ3n) is 5.67. The molecule has 32 heavy (non-hydrogen) atoms. The second-order valence-electron chi connectivity index (χ2n) is 7.80. The molecule has 1 N–H and O–H groups in total. The molecule has 1 saturated heterocycles. The molecule has 1 amide bonds. The summed E-state index contributed by atoms with van der Waals surface area (Å²) in [6, 6.07) is 16.8. The second kappa shape index (κ2) is 11.1. The highest BCUT2D eigenvalue weighted by Gasteiger charge is 2.33. The van der Waals surface area contributed by atoms with Gasteiger partial charge in [-0.1, -0.05) is 29.8 Å². The number of hydrogen-bond donors (Lipinski definition) is 1. The fourth-order valence-corrected chi connectivity index (χ4v) is 4.18. The summed E-state index contributed by atoms with van der Waals surface area (Å²) in [5.41, 5.74) is 1.79. The standard InChI is InChI=1S/C25H27ClN4O2/c26-21-8-6-19(7-9-21)24(23-5-1-2-13-29-23)30(25(31)20-10-14-27-15-11-20)16-17-32-22-4-3-12-28-18-22/h1-9,12-13,18,20,24,27H,10-11,14-17H2. The smallest absolute Gasteiger partial charge is 0.226 e. The Kier molecular flexibility index (Phi) is 7.69. The van der Waals surface area contributed by atoms with Crippen molar-refractivity contribution in [3.8, 4) is 5.75 Å². The number of carbonyl (C=O) groups is 1. The van der Waals surface area contributed by atoms with Crippen LogP contribution in [0.4, 0.5) is 0 Å². The third-order valence-corrected chi connectivity index (χ3v) is 5.92. The molecular formula is C25H27ClN4O2. The number of hydrogen-bond acceptors (Lipinski definition) is 5. The summed E-state index contributed by atoms with van der Waals surface area (Å²) in [6.45, 7) is 2.50. The molecule has 1 atom stereocenters. The Bertz CT molecular complexity index is 980. The number of benzene rings is 1. The quantitative estimate of drug-likeness (QED) is 0.559. The normalized spacial score (nSPS) is 15.2. The minimum Gasteiger partial charge on any atom is -0.490 e. The summed E-state index contributed by atoms with van der Waals surface area (Å²) < 4.78 is 5.90. The van der Waals surface area contributed by atoms with Gasteiger partial charge in [0.15, 0.2) is 0 Å². The molecule has 2 aromatic heterocycles. The molecule has 4 rings (SSSR count). The van der Waals surface area contributed by atoms with Crippen molar-refractivity contribution in [3.05, 3.63) is 89.5 Å². The van der Waals surface area contributed by atoms with Crippen molar-refractivity contribution in [1.82, 2.24) is 20.2 Å². The average Bonchev–Trinajstić information content (AvgIpc) is 2.86. The number of rotatable bonds is 8. The van der Waals surface area contributed by atoms with Crippen LogP contribution in [0.1, 0.15) is 30.1 Å². The number of nitrogens with one attached hydrogen (secondary N) is 1. The molecule has 0 saturated carbocycles. The first-order valence-electron chi connectivity index (χ1n) is 10.9. The molecular weight excluding hydrogens is 424 g/mol. The van der Waals surface area contributed by atoms with Crippen molar-refractivity contribution in [2.75, 3.05) is 26.2 Å². The summed E-state index contributed by atoms with van der Waals surface area (Å²) in [6.07, 6.45) is 6.80. The van der Waals surface area contributed by atoms with E-state index in [4.69, 9.17) is 16.3 Å². The molecule has 1 aromatic carbocycles. The maximum Gasteiger partial charge on any atom is 0.226 e. The molecule has 1 aliphatic heterocycles. The van der Waals surface area contributed by atoms with E-state index >= 15 is 0 Å². The van der Waals surface area contributed by atoms with E-state index in [1.165, 1.54) is 0 Å². The summed E-state index contributed by atoms with van der Waals surface area (Å²) in [7, 11) is 0. The monoisotopic (exact) mass is 450 g/mol. The summed E-state index contributed by atoms with van der Waals surface area (Å²) in [5.74, 6) is 0.794. The van der Waals surface area contributed by atoms with E-state index in [1.54, 1.807) is 18.6 Å². The number of aromatic nitrogens is 2. The van der Waals surface area contributed by atoms with Crippen LogP contribution in [0.2, 0.25) is 5.02 Å². The van der Waals surface area contributed by atoms with Gasteiger partial charge in [-0.15, -0.1) is 0 Å². The van der Waals surface area contributed by atoms with Crippen molar-refractivity contribution in [1.29, 1.82) is 0 Å². The molecule has 0 bridgehead atoms. The van der Waals surface area contributed by atoms with E-state index in [9.17, 15) is 4.79 Å². The van der Waals surface area contributed by atoms with Crippen LogP contribution in [0, 0.1) is 5.92 Å². The van der Waals surface area contributed by atoms with Crippen molar-refractivity contribution in [2.24, 2.45) is 5.92 Å². The third kappa shape index (κ3) is 5.64. The Labute approximate surface area is 193 Å². The van der Waals surface area contributed by atoms with Crippen molar-refractivity contribution in [2.45, 2.75) is 18.9 Å². The molecule has 1 aliphatic rings. The molecule has 0 aliphatic carbocycles. The van der Waals surface area contributed by atoms with Crippen LogP contribution in [0.5, 0.6) is 5.75 Å². The van der Waals surface area contributed by atoms with Crippen LogP contribution in [0.15, 0.2) is 73.2 Å².